The highest BCUT2D eigenvalue weighted by Gasteiger charge is 2.39. The lowest BCUT2D eigenvalue weighted by Gasteiger charge is -2.33. The monoisotopic (exact) mass is 339 g/mol. The van der Waals surface area contributed by atoms with Gasteiger partial charge in [-0.05, 0) is 20.3 Å². The number of aryl methyl sites for hydroxylation is 2. The minimum absolute atomic E-state index is 0.0923. The van der Waals surface area contributed by atoms with Crippen molar-refractivity contribution in [1.29, 1.82) is 0 Å². The van der Waals surface area contributed by atoms with Gasteiger partial charge in [0.2, 0.25) is 5.91 Å². The van der Waals surface area contributed by atoms with Crippen molar-refractivity contribution in [2.75, 3.05) is 45.9 Å². The average Bonchev–Trinajstić information content (AvgIpc) is 3.03. The van der Waals surface area contributed by atoms with E-state index in [0.717, 1.165) is 41.9 Å². The molecule has 0 spiro atoms. The number of morpholine rings is 1. The zero-order chi connectivity index (χ0) is 16.4. The Morgan fingerprint density at radius 1 is 1.35 bits per heavy atom. The molecule has 0 aromatic carbocycles. The first-order valence-electron chi connectivity index (χ1n) is 8.18. The number of β-amino-alcohol motifs (C(OH)–C–C–N with tert-alkyl or cyclic N) is 1. The molecule has 2 saturated heterocycles. The maximum Gasteiger partial charge on any atom is 0.227 e. The Labute approximate surface area is 141 Å². The van der Waals surface area contributed by atoms with E-state index in [1.807, 2.05) is 13.8 Å². The van der Waals surface area contributed by atoms with Gasteiger partial charge in [0.15, 0.2) is 0 Å². The fourth-order valence-electron chi connectivity index (χ4n) is 3.36. The van der Waals surface area contributed by atoms with Crippen LogP contribution in [0.4, 0.5) is 0 Å². The highest BCUT2D eigenvalue weighted by atomic mass is 32.1. The van der Waals surface area contributed by atoms with Gasteiger partial charge in [0.1, 0.15) is 0 Å². The van der Waals surface area contributed by atoms with Crippen LogP contribution in [0, 0.1) is 13.8 Å². The molecule has 23 heavy (non-hydrogen) atoms. The molecule has 1 amide bonds. The molecular weight excluding hydrogens is 314 g/mol. The summed E-state index contributed by atoms with van der Waals surface area (Å²) in [6.45, 7) is 8.76. The third-order valence-corrected chi connectivity index (χ3v) is 5.69. The van der Waals surface area contributed by atoms with Crippen molar-refractivity contribution in [2.24, 2.45) is 0 Å². The number of ether oxygens (including phenoxy) is 1. The van der Waals surface area contributed by atoms with Crippen LogP contribution < -0.4 is 0 Å². The van der Waals surface area contributed by atoms with Crippen molar-refractivity contribution in [3.05, 3.63) is 15.6 Å². The van der Waals surface area contributed by atoms with Crippen molar-refractivity contribution in [2.45, 2.75) is 32.3 Å². The number of aliphatic hydroxyl groups is 1. The smallest absolute Gasteiger partial charge is 0.227 e. The SMILES string of the molecule is Cc1nc(C)c(CC(=O)N2CC[C@@](O)(CN3CCOCC3)C2)s1. The van der Waals surface area contributed by atoms with E-state index in [-0.39, 0.29) is 5.91 Å². The summed E-state index contributed by atoms with van der Waals surface area (Å²) in [5, 5.41) is 11.8. The van der Waals surface area contributed by atoms with Gasteiger partial charge in [-0.3, -0.25) is 9.69 Å². The Hall–Kier alpha value is -1.02. The summed E-state index contributed by atoms with van der Waals surface area (Å²) in [6.07, 6.45) is 1.04. The number of likely N-dealkylation sites (tertiary alicyclic amines) is 1. The van der Waals surface area contributed by atoms with E-state index in [0.29, 0.717) is 32.5 Å². The molecule has 0 saturated carbocycles. The third-order valence-electron chi connectivity index (χ3n) is 4.62. The first-order valence-corrected chi connectivity index (χ1v) is 9.00. The van der Waals surface area contributed by atoms with Gasteiger partial charge in [-0.25, -0.2) is 4.98 Å². The number of nitrogens with zero attached hydrogens (tertiary/aromatic N) is 3. The summed E-state index contributed by atoms with van der Waals surface area (Å²) in [7, 11) is 0. The molecule has 6 nitrogen and oxygen atoms in total. The molecule has 128 valence electrons. The van der Waals surface area contributed by atoms with Crippen molar-refractivity contribution in [3.63, 3.8) is 0 Å². The average molecular weight is 339 g/mol. The van der Waals surface area contributed by atoms with Gasteiger partial charge < -0.3 is 14.7 Å². The van der Waals surface area contributed by atoms with Gasteiger partial charge in [0.25, 0.3) is 0 Å². The van der Waals surface area contributed by atoms with E-state index in [1.165, 1.54) is 0 Å². The summed E-state index contributed by atoms with van der Waals surface area (Å²) in [5.74, 6) is 0.0923. The summed E-state index contributed by atoms with van der Waals surface area (Å²) < 4.78 is 5.34. The number of hydrogen-bond donors (Lipinski definition) is 1. The number of rotatable bonds is 4. The zero-order valence-electron chi connectivity index (χ0n) is 13.9. The van der Waals surface area contributed by atoms with E-state index in [2.05, 4.69) is 9.88 Å². The molecule has 3 rings (SSSR count). The van der Waals surface area contributed by atoms with E-state index >= 15 is 0 Å². The summed E-state index contributed by atoms with van der Waals surface area (Å²) >= 11 is 1.59. The van der Waals surface area contributed by atoms with Crippen LogP contribution >= 0.6 is 11.3 Å². The predicted molar refractivity (Wildman–Crippen MR) is 88.7 cm³/mol. The molecule has 0 radical (unpaired) electrons. The lowest BCUT2D eigenvalue weighted by Crippen LogP contribution is -2.49. The largest absolute Gasteiger partial charge is 0.387 e. The molecule has 1 N–H and O–H groups in total. The highest BCUT2D eigenvalue weighted by Crippen LogP contribution is 2.25. The molecule has 0 aliphatic carbocycles. The van der Waals surface area contributed by atoms with Gasteiger partial charge in [-0.2, -0.15) is 0 Å². The number of hydrogen-bond acceptors (Lipinski definition) is 6. The van der Waals surface area contributed by atoms with Crippen LogP contribution in [0.15, 0.2) is 0 Å². The molecule has 2 aliphatic rings. The second-order valence-corrected chi connectivity index (χ2v) is 7.88. The molecule has 1 aromatic rings. The van der Waals surface area contributed by atoms with Gasteiger partial charge >= 0.3 is 0 Å². The molecule has 7 heteroatoms. The lowest BCUT2D eigenvalue weighted by atomic mass is 10.0. The Bertz CT molecular complexity index is 571. The number of thiazole rings is 1. The molecule has 2 aliphatic heterocycles. The maximum atomic E-state index is 12.5. The van der Waals surface area contributed by atoms with Gasteiger partial charge in [0, 0.05) is 31.1 Å². The van der Waals surface area contributed by atoms with Gasteiger partial charge in [0.05, 0.1) is 42.5 Å². The summed E-state index contributed by atoms with van der Waals surface area (Å²) in [4.78, 5) is 22.0. The Kier molecular flexibility index (Phi) is 5.01. The summed E-state index contributed by atoms with van der Waals surface area (Å²) in [6, 6.07) is 0. The Morgan fingerprint density at radius 3 is 2.74 bits per heavy atom. The standard InChI is InChI=1S/C16H25N3O3S/c1-12-14(23-13(2)17-12)9-15(20)19-4-3-16(21,11-19)10-18-5-7-22-8-6-18/h21H,3-11H2,1-2H3/t16-/m1/s1. The first kappa shape index (κ1) is 16.8. The topological polar surface area (TPSA) is 65.9 Å². The van der Waals surface area contributed by atoms with Crippen LogP contribution in [-0.2, 0) is 16.0 Å². The molecule has 3 heterocycles. The fraction of sp³-hybridized carbons (Fsp3) is 0.750. The van der Waals surface area contributed by atoms with Gasteiger partial charge in [-0.1, -0.05) is 0 Å². The van der Waals surface area contributed by atoms with Crippen molar-refractivity contribution in [3.8, 4) is 0 Å². The number of aromatic nitrogens is 1. The van der Waals surface area contributed by atoms with Crippen molar-refractivity contribution >= 4 is 17.2 Å². The van der Waals surface area contributed by atoms with E-state index in [4.69, 9.17) is 4.74 Å². The highest BCUT2D eigenvalue weighted by molar-refractivity contribution is 7.11. The second kappa shape index (κ2) is 6.84. The van der Waals surface area contributed by atoms with Crippen LogP contribution in [0.1, 0.15) is 22.0 Å². The maximum absolute atomic E-state index is 12.5. The molecule has 0 bridgehead atoms. The van der Waals surface area contributed by atoms with Crippen LogP contribution in [0.25, 0.3) is 0 Å². The normalized spacial score (nSPS) is 26.0. The molecule has 1 atom stereocenters. The molecule has 2 fully saturated rings. The van der Waals surface area contributed by atoms with E-state index < -0.39 is 5.60 Å². The molecule has 0 unspecified atom stereocenters. The first-order chi connectivity index (χ1) is 11.0. The fourth-order valence-corrected chi connectivity index (χ4v) is 4.29. The van der Waals surface area contributed by atoms with Crippen molar-refractivity contribution < 1.29 is 14.6 Å². The number of carbonyl (C=O) groups is 1. The molecular formula is C16H25N3O3S. The van der Waals surface area contributed by atoms with E-state index in [9.17, 15) is 9.90 Å². The lowest BCUT2D eigenvalue weighted by molar-refractivity contribution is -0.130. The summed E-state index contributed by atoms with van der Waals surface area (Å²) in [5.41, 5.74) is 0.162. The second-order valence-electron chi connectivity index (χ2n) is 6.60. The Balaban J connectivity index is 1.55. The van der Waals surface area contributed by atoms with Crippen LogP contribution in [-0.4, -0.2) is 77.3 Å². The van der Waals surface area contributed by atoms with Crippen LogP contribution in [0.5, 0.6) is 0 Å². The minimum atomic E-state index is -0.786. The minimum Gasteiger partial charge on any atom is -0.387 e. The quantitative estimate of drug-likeness (QED) is 0.870. The van der Waals surface area contributed by atoms with E-state index in [1.54, 1.807) is 16.2 Å². The third kappa shape index (κ3) is 4.09. The van der Waals surface area contributed by atoms with Crippen LogP contribution in [0.3, 0.4) is 0 Å². The number of carbonyl (C=O) groups excluding carboxylic acids is 1. The Morgan fingerprint density at radius 2 is 2.09 bits per heavy atom. The van der Waals surface area contributed by atoms with Gasteiger partial charge in [-0.15, -0.1) is 11.3 Å². The number of amides is 1. The zero-order valence-corrected chi connectivity index (χ0v) is 14.7. The molecule has 1 aromatic heterocycles. The van der Waals surface area contributed by atoms with Crippen molar-refractivity contribution in [1.82, 2.24) is 14.8 Å². The predicted octanol–water partition coefficient (Wildman–Crippen LogP) is 0.598. The van der Waals surface area contributed by atoms with Crippen LogP contribution in [0.2, 0.25) is 0 Å².